The zero-order valence-electron chi connectivity index (χ0n) is 14.1. The average Bonchev–Trinajstić information content (AvgIpc) is 3.05. The third-order valence-electron chi connectivity index (χ3n) is 3.99. The van der Waals surface area contributed by atoms with Crippen LogP contribution in [-0.2, 0) is 6.18 Å². The van der Waals surface area contributed by atoms with Crippen molar-refractivity contribution in [1.29, 1.82) is 0 Å². The minimum absolute atomic E-state index is 0.109. The van der Waals surface area contributed by atoms with Gasteiger partial charge in [-0.15, -0.1) is 10.0 Å². The number of aromatic nitrogens is 2. The standard InChI is InChI=1S/C18H11F6N3O/c1-26(17(28)12-9-27(24)25-16(12)18(21,22)23)15-5-3-2-4-11(15)10-6-7-13(19)14(20)8-10/h2-9H,1H3. The summed E-state index contributed by atoms with van der Waals surface area (Å²) in [5.41, 5.74) is -2.09. The average molecular weight is 399 g/mol. The van der Waals surface area contributed by atoms with Crippen molar-refractivity contribution in [1.82, 2.24) is 10.0 Å². The van der Waals surface area contributed by atoms with E-state index in [2.05, 4.69) is 5.10 Å². The van der Waals surface area contributed by atoms with Crippen LogP contribution in [0, 0.1) is 11.6 Å². The second-order valence-electron chi connectivity index (χ2n) is 5.79. The number of amides is 1. The van der Waals surface area contributed by atoms with Gasteiger partial charge < -0.3 is 4.90 Å². The molecule has 1 heterocycles. The van der Waals surface area contributed by atoms with Gasteiger partial charge in [0.15, 0.2) is 17.3 Å². The summed E-state index contributed by atoms with van der Waals surface area (Å²) in [6.07, 6.45) is -4.72. The molecule has 3 rings (SSSR count). The number of carbonyl (C=O) groups excluding carboxylic acids is 1. The highest BCUT2D eigenvalue weighted by Gasteiger charge is 2.40. The maximum atomic E-state index is 13.6. The predicted octanol–water partition coefficient (Wildman–Crippen LogP) is 4.86. The fraction of sp³-hybridized carbons (Fsp3) is 0.111. The molecule has 3 aromatic rings. The monoisotopic (exact) mass is 399 g/mol. The summed E-state index contributed by atoms with van der Waals surface area (Å²) in [4.78, 5) is 12.9. The molecule has 0 saturated carbocycles. The van der Waals surface area contributed by atoms with E-state index in [1.165, 1.54) is 31.3 Å². The molecular weight excluding hydrogens is 388 g/mol. The Morgan fingerprint density at radius 2 is 1.75 bits per heavy atom. The fourth-order valence-corrected chi connectivity index (χ4v) is 2.68. The van der Waals surface area contributed by atoms with Crippen molar-refractivity contribution in [2.75, 3.05) is 11.9 Å². The van der Waals surface area contributed by atoms with Gasteiger partial charge in [-0.2, -0.15) is 13.2 Å². The molecule has 28 heavy (non-hydrogen) atoms. The lowest BCUT2D eigenvalue weighted by molar-refractivity contribution is -0.142. The lowest BCUT2D eigenvalue weighted by Gasteiger charge is -2.21. The highest BCUT2D eigenvalue weighted by Crippen LogP contribution is 2.34. The highest BCUT2D eigenvalue weighted by atomic mass is 19.4. The summed E-state index contributed by atoms with van der Waals surface area (Å²) >= 11 is 0. The number of rotatable bonds is 3. The van der Waals surface area contributed by atoms with Crippen LogP contribution in [0.25, 0.3) is 11.1 Å². The number of halogens is 6. The lowest BCUT2D eigenvalue weighted by atomic mass is 10.0. The number of nitrogens with zero attached hydrogens (tertiary/aromatic N) is 3. The Hall–Kier alpha value is -3.30. The Labute approximate surface area is 154 Å². The van der Waals surface area contributed by atoms with E-state index in [1.54, 1.807) is 6.07 Å². The van der Waals surface area contributed by atoms with E-state index in [1.807, 2.05) is 0 Å². The largest absolute Gasteiger partial charge is 0.436 e. The van der Waals surface area contributed by atoms with Crippen LogP contribution in [0.4, 0.5) is 32.1 Å². The van der Waals surface area contributed by atoms with Gasteiger partial charge in [-0.25, -0.2) is 8.78 Å². The molecule has 0 fully saturated rings. The number of benzene rings is 2. The van der Waals surface area contributed by atoms with Crippen LogP contribution in [0.1, 0.15) is 16.1 Å². The summed E-state index contributed by atoms with van der Waals surface area (Å²) < 4.78 is 79.1. The molecule has 0 aliphatic rings. The normalized spacial score (nSPS) is 11.5. The molecule has 0 saturated heterocycles. The van der Waals surface area contributed by atoms with Crippen molar-refractivity contribution in [3.8, 4) is 11.1 Å². The molecule has 4 nitrogen and oxygen atoms in total. The SMILES string of the molecule is CN(C(=O)c1cn(F)nc1C(F)(F)F)c1ccccc1-c1ccc(F)c(F)c1. The first-order valence-corrected chi connectivity index (χ1v) is 7.75. The Morgan fingerprint density at radius 1 is 1.07 bits per heavy atom. The predicted molar refractivity (Wildman–Crippen MR) is 88.3 cm³/mol. The number of para-hydroxylation sites is 1. The quantitative estimate of drug-likeness (QED) is 0.591. The van der Waals surface area contributed by atoms with Crippen molar-refractivity contribution in [2.24, 2.45) is 0 Å². The molecule has 1 amide bonds. The summed E-state index contributed by atoms with van der Waals surface area (Å²) in [6, 6.07) is 8.99. The molecule has 146 valence electrons. The number of anilines is 1. The minimum Gasteiger partial charge on any atom is -0.311 e. The maximum Gasteiger partial charge on any atom is 0.436 e. The molecule has 0 radical (unpaired) electrons. The van der Waals surface area contributed by atoms with Crippen LogP contribution in [0.5, 0.6) is 0 Å². The zero-order chi connectivity index (χ0) is 20.6. The number of hydrogen-bond donors (Lipinski definition) is 0. The van der Waals surface area contributed by atoms with E-state index in [-0.39, 0.29) is 16.8 Å². The van der Waals surface area contributed by atoms with E-state index in [4.69, 9.17) is 0 Å². The number of carbonyl (C=O) groups is 1. The van der Waals surface area contributed by atoms with Crippen molar-refractivity contribution in [3.05, 3.63) is 71.6 Å². The Kier molecular flexibility index (Phi) is 4.88. The van der Waals surface area contributed by atoms with Crippen molar-refractivity contribution >= 4 is 11.6 Å². The second-order valence-corrected chi connectivity index (χ2v) is 5.79. The van der Waals surface area contributed by atoms with Gasteiger partial charge in [0.25, 0.3) is 5.91 Å². The molecule has 0 unspecified atom stereocenters. The van der Waals surface area contributed by atoms with Crippen molar-refractivity contribution < 1.29 is 31.2 Å². The smallest absolute Gasteiger partial charge is 0.311 e. The first-order chi connectivity index (χ1) is 13.1. The van der Waals surface area contributed by atoms with E-state index < -0.39 is 39.9 Å². The molecular formula is C18H11F6N3O. The van der Waals surface area contributed by atoms with Crippen molar-refractivity contribution in [2.45, 2.75) is 6.18 Å². The second kappa shape index (κ2) is 7.02. The van der Waals surface area contributed by atoms with E-state index >= 15 is 0 Å². The minimum atomic E-state index is -5.04. The molecule has 0 aliphatic carbocycles. The highest BCUT2D eigenvalue weighted by molar-refractivity contribution is 6.08. The van der Waals surface area contributed by atoms with Gasteiger partial charge in [0.1, 0.15) is 0 Å². The van der Waals surface area contributed by atoms with Crippen LogP contribution in [0.3, 0.4) is 0 Å². The van der Waals surface area contributed by atoms with E-state index in [9.17, 15) is 31.2 Å². The summed E-state index contributed by atoms with van der Waals surface area (Å²) in [5, 5.41) is 2.67. The van der Waals surface area contributed by atoms with Gasteiger partial charge in [0, 0.05) is 12.6 Å². The maximum absolute atomic E-state index is 13.6. The lowest BCUT2D eigenvalue weighted by Crippen LogP contribution is -2.28. The Balaban J connectivity index is 2.06. The topological polar surface area (TPSA) is 38.1 Å². The van der Waals surface area contributed by atoms with Crippen LogP contribution >= 0.6 is 0 Å². The Bertz CT molecular complexity index is 1040. The molecule has 2 aromatic carbocycles. The molecule has 0 N–H and O–H groups in total. The fourth-order valence-electron chi connectivity index (χ4n) is 2.68. The van der Waals surface area contributed by atoms with Crippen LogP contribution < -0.4 is 4.90 Å². The molecule has 0 aliphatic heterocycles. The summed E-state index contributed by atoms with van der Waals surface area (Å²) in [7, 11) is 1.18. The number of alkyl halides is 3. The summed E-state index contributed by atoms with van der Waals surface area (Å²) in [6.45, 7) is 0. The molecule has 0 spiro atoms. The van der Waals surface area contributed by atoms with Gasteiger partial charge in [0.2, 0.25) is 0 Å². The van der Waals surface area contributed by atoms with Crippen LogP contribution in [-0.4, -0.2) is 23.0 Å². The third kappa shape index (κ3) is 3.57. The van der Waals surface area contributed by atoms with Gasteiger partial charge in [-0.3, -0.25) is 4.79 Å². The molecule has 0 bridgehead atoms. The first kappa shape index (κ1) is 19.5. The van der Waals surface area contributed by atoms with Gasteiger partial charge in [-0.05, 0) is 23.8 Å². The van der Waals surface area contributed by atoms with Gasteiger partial charge in [-0.1, -0.05) is 28.7 Å². The van der Waals surface area contributed by atoms with E-state index in [0.717, 1.165) is 17.0 Å². The Morgan fingerprint density at radius 3 is 2.39 bits per heavy atom. The molecule has 0 atom stereocenters. The number of hydrogen-bond acceptors (Lipinski definition) is 2. The van der Waals surface area contributed by atoms with Gasteiger partial charge in [0.05, 0.1) is 17.4 Å². The molecule has 1 aromatic heterocycles. The first-order valence-electron chi connectivity index (χ1n) is 7.75. The van der Waals surface area contributed by atoms with Crippen LogP contribution in [0.15, 0.2) is 48.7 Å². The summed E-state index contributed by atoms with van der Waals surface area (Å²) in [5.74, 6) is -3.37. The van der Waals surface area contributed by atoms with Crippen molar-refractivity contribution in [3.63, 3.8) is 0 Å². The van der Waals surface area contributed by atoms with E-state index in [0.29, 0.717) is 6.20 Å². The third-order valence-corrected chi connectivity index (χ3v) is 3.99. The molecule has 10 heteroatoms. The van der Waals surface area contributed by atoms with Crippen LogP contribution in [0.2, 0.25) is 0 Å². The van der Waals surface area contributed by atoms with Gasteiger partial charge >= 0.3 is 6.18 Å². The zero-order valence-corrected chi connectivity index (χ0v) is 14.1.